The molecule has 0 saturated heterocycles. The molecule has 3 aliphatic rings. The number of allylic oxidation sites excluding steroid dienone is 2. The van der Waals surface area contributed by atoms with E-state index in [0.29, 0.717) is 5.57 Å². The van der Waals surface area contributed by atoms with Gasteiger partial charge in [0.2, 0.25) is 5.60 Å². The predicted molar refractivity (Wildman–Crippen MR) is 77.2 cm³/mol. The number of fused-ring (bicyclic) bond motifs is 5. The normalized spacial score (nSPS) is 40.8. The minimum Gasteiger partial charge on any atom is -0.463 e. The summed E-state index contributed by atoms with van der Waals surface area (Å²) < 4.78 is 10.7. The van der Waals surface area contributed by atoms with E-state index < -0.39 is 23.0 Å². The maximum absolute atomic E-state index is 12.4. The number of hydrogen-bond donors (Lipinski definition) is 0. The highest BCUT2D eigenvalue weighted by Gasteiger charge is 2.75. The van der Waals surface area contributed by atoms with Gasteiger partial charge >= 0.3 is 11.9 Å². The lowest BCUT2D eigenvalue weighted by atomic mass is 9.67. The molecule has 5 nitrogen and oxygen atoms in total. The molecule has 1 fully saturated rings. The fourth-order valence-electron chi connectivity index (χ4n) is 4.64. The minimum absolute atomic E-state index is 0.0842. The average molecular weight is 301 g/mol. The molecule has 0 aromatic rings. The number of hydrogen-bond acceptors (Lipinski definition) is 5. The Balaban J connectivity index is 2.12. The van der Waals surface area contributed by atoms with Gasteiger partial charge in [-0.25, -0.2) is 4.79 Å². The van der Waals surface area contributed by atoms with Gasteiger partial charge in [-0.2, -0.15) is 5.26 Å². The first-order valence-electron chi connectivity index (χ1n) is 7.59. The molecule has 1 saturated carbocycles. The summed E-state index contributed by atoms with van der Waals surface area (Å²) in [6, 6.07) is 2.23. The molecule has 5 atom stereocenters. The lowest BCUT2D eigenvalue weighted by Gasteiger charge is -2.39. The summed E-state index contributed by atoms with van der Waals surface area (Å²) in [6.45, 7) is 5.18. The van der Waals surface area contributed by atoms with Crippen molar-refractivity contribution in [1.29, 1.82) is 5.26 Å². The monoisotopic (exact) mass is 301 g/mol. The lowest BCUT2D eigenvalue weighted by molar-refractivity contribution is -0.162. The Labute approximate surface area is 129 Å². The third-order valence-corrected chi connectivity index (χ3v) is 5.48. The van der Waals surface area contributed by atoms with E-state index in [9.17, 15) is 14.9 Å². The third-order valence-electron chi connectivity index (χ3n) is 5.48. The molecule has 1 unspecified atom stereocenters. The number of ether oxygens (including phenoxy) is 2. The zero-order valence-corrected chi connectivity index (χ0v) is 13.0. The molecule has 0 N–H and O–H groups in total. The summed E-state index contributed by atoms with van der Waals surface area (Å²) >= 11 is 0. The Morgan fingerprint density at radius 1 is 1.50 bits per heavy atom. The second kappa shape index (κ2) is 4.70. The van der Waals surface area contributed by atoms with Gasteiger partial charge < -0.3 is 9.47 Å². The summed E-state index contributed by atoms with van der Waals surface area (Å²) in [4.78, 5) is 24.0. The first-order valence-corrected chi connectivity index (χ1v) is 7.59. The van der Waals surface area contributed by atoms with Gasteiger partial charge in [-0.1, -0.05) is 18.2 Å². The molecule has 0 radical (unpaired) electrons. The van der Waals surface area contributed by atoms with Gasteiger partial charge in [0.1, 0.15) is 6.07 Å². The smallest absolute Gasteiger partial charge is 0.334 e. The summed E-state index contributed by atoms with van der Waals surface area (Å²) in [5, 5.41) is 9.86. The van der Waals surface area contributed by atoms with Crippen LogP contribution in [0.2, 0.25) is 0 Å². The topological polar surface area (TPSA) is 76.4 Å². The van der Waals surface area contributed by atoms with Gasteiger partial charge in [0.25, 0.3) is 0 Å². The summed E-state index contributed by atoms with van der Waals surface area (Å²) in [5.74, 6) is -0.998. The van der Waals surface area contributed by atoms with Crippen LogP contribution in [0.25, 0.3) is 0 Å². The van der Waals surface area contributed by atoms with Crippen molar-refractivity contribution >= 4 is 11.9 Å². The first-order chi connectivity index (χ1) is 10.4. The van der Waals surface area contributed by atoms with Crippen LogP contribution in [-0.2, 0) is 19.1 Å². The molecule has 22 heavy (non-hydrogen) atoms. The molecule has 0 heterocycles. The van der Waals surface area contributed by atoms with Crippen LogP contribution < -0.4 is 0 Å². The van der Waals surface area contributed by atoms with Gasteiger partial charge in [-0.3, -0.25) is 4.79 Å². The second-order valence-electron chi connectivity index (χ2n) is 6.32. The van der Waals surface area contributed by atoms with Gasteiger partial charge in [-0.05, 0) is 32.1 Å². The Hall–Kier alpha value is -2.09. The van der Waals surface area contributed by atoms with Crippen LogP contribution in [0.5, 0.6) is 0 Å². The van der Waals surface area contributed by atoms with Crippen LogP contribution in [-0.4, -0.2) is 24.1 Å². The first kappa shape index (κ1) is 14.8. The van der Waals surface area contributed by atoms with E-state index in [1.807, 2.05) is 6.92 Å². The van der Waals surface area contributed by atoms with Crippen LogP contribution in [0.15, 0.2) is 23.8 Å². The zero-order chi connectivity index (χ0) is 16.1. The van der Waals surface area contributed by atoms with Crippen molar-refractivity contribution in [2.45, 2.75) is 32.8 Å². The highest BCUT2D eigenvalue weighted by Crippen LogP contribution is 2.69. The standard InChI is InChI=1S/C17H19NO4/c1-4-21-15(20)14-8-13-11-6-5-7-12(11)16(14,3)17(13,9-18)22-10(2)19/h5-6,8,11-13H,4,7H2,1-3H3/t11-,12+,13-,16-,17?/m1/s1. The fourth-order valence-corrected chi connectivity index (χ4v) is 4.64. The van der Waals surface area contributed by atoms with Crippen molar-refractivity contribution in [3.05, 3.63) is 23.8 Å². The number of esters is 2. The van der Waals surface area contributed by atoms with Gasteiger partial charge in [0.05, 0.1) is 12.0 Å². The molecule has 0 aliphatic heterocycles. The molecule has 3 aliphatic carbocycles. The van der Waals surface area contributed by atoms with E-state index in [0.717, 1.165) is 6.42 Å². The fraction of sp³-hybridized carbons (Fsp3) is 0.588. The lowest BCUT2D eigenvalue weighted by Crippen LogP contribution is -2.49. The highest BCUT2D eigenvalue weighted by atomic mass is 16.6. The van der Waals surface area contributed by atoms with E-state index in [2.05, 4.69) is 18.2 Å². The zero-order valence-electron chi connectivity index (χ0n) is 13.0. The number of rotatable bonds is 3. The number of nitrogens with zero attached hydrogens (tertiary/aromatic N) is 1. The Bertz CT molecular complexity index is 644. The van der Waals surface area contributed by atoms with E-state index in [-0.39, 0.29) is 24.4 Å². The largest absolute Gasteiger partial charge is 0.463 e. The number of carbonyl (C=O) groups excluding carboxylic acids is 2. The molecule has 0 spiro atoms. The quantitative estimate of drug-likeness (QED) is 0.589. The van der Waals surface area contributed by atoms with E-state index >= 15 is 0 Å². The summed E-state index contributed by atoms with van der Waals surface area (Å²) in [7, 11) is 0. The van der Waals surface area contributed by atoms with Crippen LogP contribution in [0, 0.1) is 34.5 Å². The Kier molecular flexibility index (Phi) is 3.17. The van der Waals surface area contributed by atoms with Crippen LogP contribution in [0.4, 0.5) is 0 Å². The Morgan fingerprint density at radius 3 is 2.82 bits per heavy atom. The molecule has 116 valence electrons. The van der Waals surface area contributed by atoms with Crippen LogP contribution in [0.3, 0.4) is 0 Å². The van der Waals surface area contributed by atoms with Gasteiger partial charge in [-0.15, -0.1) is 0 Å². The highest BCUT2D eigenvalue weighted by molar-refractivity contribution is 5.92. The molecular formula is C17H19NO4. The van der Waals surface area contributed by atoms with Crippen molar-refractivity contribution in [3.8, 4) is 6.07 Å². The minimum atomic E-state index is -1.32. The van der Waals surface area contributed by atoms with Crippen molar-refractivity contribution in [1.82, 2.24) is 0 Å². The SMILES string of the molecule is CCOC(=O)C1=C[C@@H]2[C@@H]3C=CC[C@@H]3[C@@]1(C)C2(C#N)OC(C)=O. The van der Waals surface area contributed by atoms with Crippen LogP contribution in [0.1, 0.15) is 27.2 Å². The molecular weight excluding hydrogens is 282 g/mol. The summed E-state index contributed by atoms with van der Waals surface area (Å²) in [5.41, 5.74) is -1.67. The number of nitriles is 1. The van der Waals surface area contributed by atoms with Crippen LogP contribution >= 0.6 is 0 Å². The van der Waals surface area contributed by atoms with E-state index in [4.69, 9.17) is 9.47 Å². The maximum atomic E-state index is 12.4. The average Bonchev–Trinajstić information content (AvgIpc) is 3.07. The maximum Gasteiger partial charge on any atom is 0.334 e. The van der Waals surface area contributed by atoms with Crippen molar-refractivity contribution in [2.24, 2.45) is 23.2 Å². The molecule has 5 heteroatoms. The molecule has 0 aromatic carbocycles. The van der Waals surface area contributed by atoms with Gasteiger partial charge in [0.15, 0.2) is 0 Å². The van der Waals surface area contributed by atoms with Gasteiger partial charge in [0, 0.05) is 18.4 Å². The molecule has 0 amide bonds. The van der Waals surface area contributed by atoms with E-state index in [1.165, 1.54) is 6.92 Å². The van der Waals surface area contributed by atoms with Crippen molar-refractivity contribution < 1.29 is 19.1 Å². The summed E-state index contributed by atoms with van der Waals surface area (Å²) in [6.07, 6.45) is 6.73. The third kappa shape index (κ3) is 1.53. The molecule has 3 rings (SSSR count). The predicted octanol–water partition coefficient (Wildman–Crippen LogP) is 2.14. The van der Waals surface area contributed by atoms with Crippen molar-refractivity contribution in [2.75, 3.05) is 6.61 Å². The molecule has 2 bridgehead atoms. The Morgan fingerprint density at radius 2 is 2.23 bits per heavy atom. The molecule has 0 aromatic heterocycles. The van der Waals surface area contributed by atoms with E-state index in [1.54, 1.807) is 13.0 Å². The van der Waals surface area contributed by atoms with Crippen molar-refractivity contribution in [3.63, 3.8) is 0 Å². The number of carbonyl (C=O) groups is 2. The second-order valence-corrected chi connectivity index (χ2v) is 6.32.